The number of amides is 3. The molecule has 6 saturated heterocycles. The second-order valence-electron chi connectivity index (χ2n) is 22.6. The van der Waals surface area contributed by atoms with Gasteiger partial charge in [0.2, 0.25) is 17.7 Å². The van der Waals surface area contributed by atoms with Crippen LogP contribution in [0.3, 0.4) is 0 Å². The summed E-state index contributed by atoms with van der Waals surface area (Å²) >= 11 is 0. The van der Waals surface area contributed by atoms with Crippen molar-refractivity contribution < 1.29 is 197 Å². The van der Waals surface area contributed by atoms with Crippen LogP contribution in [0, 0.1) is 0 Å². The Hall–Kier alpha value is -3.05. The van der Waals surface area contributed by atoms with E-state index >= 15 is 0 Å². The number of carbonyl (C=O) groups excluding carboxylic acids is 3. The SMILES string of the molecule is CC(=O)NC(CO)C(OC1OC(CO)C(O)C(OS(=O)(=O)O)C1O)C(O)C(O)COC1OC(CO)C(OC2OC(CO)C(O)C(OC3OC(CO)C(OC4OC(C)C(O)C(O)C4O)C(OC4OC(CO)C(O)C(OS(=O)(=O)O)C4O)C3NC(C)=O)C2O)C(O)C1NC(C)=O. The van der Waals surface area contributed by atoms with Gasteiger partial charge in [-0.05, 0) is 6.92 Å². The van der Waals surface area contributed by atoms with Gasteiger partial charge in [0.05, 0.1) is 58.4 Å². The van der Waals surface area contributed by atoms with E-state index in [2.05, 4.69) is 24.3 Å². The van der Waals surface area contributed by atoms with Gasteiger partial charge >= 0.3 is 20.8 Å². The summed E-state index contributed by atoms with van der Waals surface area (Å²) in [6, 6.07) is -5.68. The van der Waals surface area contributed by atoms with Crippen LogP contribution in [0.1, 0.15) is 27.7 Å². The summed E-state index contributed by atoms with van der Waals surface area (Å²) in [7, 11) is -11.0. The zero-order valence-corrected chi connectivity index (χ0v) is 51.5. The lowest BCUT2D eigenvalue weighted by Gasteiger charge is -2.52. The molecular formula is C48H83N3O41S2. The Morgan fingerprint density at radius 3 is 1.32 bits per heavy atom. The largest absolute Gasteiger partial charge is 0.397 e. The first-order valence-corrected chi connectivity index (χ1v) is 31.4. The third-order valence-electron chi connectivity index (χ3n) is 15.8. The van der Waals surface area contributed by atoms with Crippen LogP contribution in [-0.2, 0) is 100 Å². The summed E-state index contributed by atoms with van der Waals surface area (Å²) in [5.41, 5.74) is 0. The zero-order chi connectivity index (χ0) is 70.3. The molecule has 0 bridgehead atoms. The van der Waals surface area contributed by atoms with Gasteiger partial charge in [0, 0.05) is 20.8 Å². The van der Waals surface area contributed by atoms with Gasteiger partial charge in [-0.2, -0.15) is 16.8 Å². The summed E-state index contributed by atoms with van der Waals surface area (Å²) < 4.78 is 144. The molecule has 6 aliphatic rings. The Kier molecular flexibility index (Phi) is 29.2. The number of aliphatic hydroxyl groups is 18. The minimum Gasteiger partial charge on any atom is -0.394 e. The molecule has 0 aromatic heterocycles. The van der Waals surface area contributed by atoms with E-state index in [0.29, 0.717) is 0 Å². The summed E-state index contributed by atoms with van der Waals surface area (Å²) in [6.45, 7) is -4.12. The van der Waals surface area contributed by atoms with E-state index in [1.54, 1.807) is 0 Å². The molecular weight excluding hydrogens is 1340 g/mol. The van der Waals surface area contributed by atoms with Crippen molar-refractivity contribution in [1.29, 1.82) is 0 Å². The molecule has 6 fully saturated rings. The van der Waals surface area contributed by atoms with Crippen LogP contribution in [-0.4, -0.2) is 390 Å². The van der Waals surface area contributed by atoms with Crippen molar-refractivity contribution in [2.45, 2.75) is 236 Å². The van der Waals surface area contributed by atoms with Gasteiger partial charge < -0.3 is 165 Å². The molecule has 0 aromatic carbocycles. The molecule has 0 saturated carbocycles. The van der Waals surface area contributed by atoms with Crippen LogP contribution < -0.4 is 16.0 Å². The van der Waals surface area contributed by atoms with Crippen molar-refractivity contribution in [3.63, 3.8) is 0 Å². The Morgan fingerprint density at radius 1 is 0.436 bits per heavy atom. The van der Waals surface area contributed by atoms with Crippen LogP contribution in [0.25, 0.3) is 0 Å². The second kappa shape index (κ2) is 34.3. The van der Waals surface area contributed by atoms with Crippen molar-refractivity contribution in [3.05, 3.63) is 0 Å². The van der Waals surface area contributed by atoms with E-state index < -0.39 is 293 Å². The molecule has 6 heterocycles. The zero-order valence-electron chi connectivity index (χ0n) is 49.9. The average molecular weight is 1420 g/mol. The third kappa shape index (κ3) is 19.5. The van der Waals surface area contributed by atoms with E-state index in [9.17, 15) is 132 Å². The molecule has 34 unspecified atom stereocenters. The third-order valence-corrected chi connectivity index (χ3v) is 16.7. The maximum Gasteiger partial charge on any atom is 0.397 e. The van der Waals surface area contributed by atoms with Crippen LogP contribution in [0.5, 0.6) is 0 Å². The molecule has 3 amide bonds. The van der Waals surface area contributed by atoms with Crippen molar-refractivity contribution in [3.8, 4) is 0 Å². The highest BCUT2D eigenvalue weighted by Gasteiger charge is 2.59. The fourth-order valence-electron chi connectivity index (χ4n) is 11.1. The number of hydrogen-bond acceptors (Lipinski definition) is 39. The Labute approximate surface area is 533 Å². The number of carbonyl (C=O) groups is 3. The Morgan fingerprint density at radius 2 is 0.840 bits per heavy atom. The van der Waals surface area contributed by atoms with Crippen LogP contribution in [0.15, 0.2) is 0 Å². The smallest absolute Gasteiger partial charge is 0.394 e. The molecule has 44 nitrogen and oxygen atoms in total. The van der Waals surface area contributed by atoms with Gasteiger partial charge in [-0.25, -0.2) is 8.37 Å². The predicted octanol–water partition coefficient (Wildman–Crippen LogP) is -15.5. The summed E-state index contributed by atoms with van der Waals surface area (Å²) in [5, 5.41) is 204. The van der Waals surface area contributed by atoms with Gasteiger partial charge in [-0.1, -0.05) is 0 Å². The molecule has 94 heavy (non-hydrogen) atoms. The Bertz CT molecular complexity index is 2650. The lowest BCUT2D eigenvalue weighted by atomic mass is 9.93. The maximum absolute atomic E-state index is 13.2. The van der Waals surface area contributed by atoms with Gasteiger partial charge in [0.25, 0.3) is 0 Å². The number of nitrogens with one attached hydrogen (secondary N) is 3. The number of rotatable bonds is 29. The number of ether oxygens (including phenoxy) is 12. The molecule has 0 aliphatic carbocycles. The molecule has 46 heteroatoms. The first-order valence-electron chi connectivity index (χ1n) is 28.7. The Balaban J connectivity index is 1.28. The quantitative estimate of drug-likeness (QED) is 0.0309. The van der Waals surface area contributed by atoms with E-state index in [-0.39, 0.29) is 0 Å². The number of hydrogen-bond donors (Lipinski definition) is 23. The van der Waals surface area contributed by atoms with Gasteiger partial charge in [0.15, 0.2) is 37.7 Å². The molecule has 6 rings (SSSR count). The fourth-order valence-corrected chi connectivity index (χ4v) is 12.1. The topological polar surface area (TPSA) is 689 Å². The van der Waals surface area contributed by atoms with Crippen LogP contribution >= 0.6 is 0 Å². The molecule has 0 aromatic rings. The highest BCUT2D eigenvalue weighted by molar-refractivity contribution is 7.81. The van der Waals surface area contributed by atoms with Crippen molar-refractivity contribution in [2.75, 3.05) is 46.2 Å². The molecule has 34 atom stereocenters. The fraction of sp³-hybridized carbons (Fsp3) is 0.938. The molecule has 0 radical (unpaired) electrons. The highest BCUT2D eigenvalue weighted by atomic mass is 32.3. The predicted molar refractivity (Wildman–Crippen MR) is 288 cm³/mol. The average Bonchev–Trinajstić information content (AvgIpc) is 0.768. The van der Waals surface area contributed by atoms with Gasteiger partial charge in [-0.3, -0.25) is 23.5 Å². The molecule has 548 valence electrons. The monoisotopic (exact) mass is 1420 g/mol. The molecule has 6 aliphatic heterocycles. The standard InChI is InChI=1S/C48H83N3O41S2/c1-12-25(62)31(68)32(69)45(80-12)88-38-22(10-57)85-44(24(51-15(4)60)39(38)89-48-35(72)42(92-94(76,77)78)29(66)20(8-55)83-48)90-40-27(64)18(6-53)81-46(33(40)70)87-37-21(9-56)84-43(23(30(37)67)50-14(3)59)79-11-17(61)26(63)36(16(5-52)49-13(2)58)86-47-34(71)41(91-93(73,74)75)28(65)19(7-54)82-47/h12,16-48,52-57,61-72H,5-11H2,1-4H3,(H,49,58)(H,50,59)(H,51,60)(H,73,74,75)(H,76,77,78). The van der Waals surface area contributed by atoms with E-state index in [1.807, 2.05) is 0 Å². The molecule has 23 N–H and O–H groups in total. The normalized spacial score (nSPS) is 43.0. The maximum atomic E-state index is 13.2. The van der Waals surface area contributed by atoms with Gasteiger partial charge in [-0.15, -0.1) is 0 Å². The van der Waals surface area contributed by atoms with E-state index in [0.717, 1.165) is 20.8 Å². The van der Waals surface area contributed by atoms with Crippen LogP contribution in [0.2, 0.25) is 0 Å². The van der Waals surface area contributed by atoms with E-state index in [4.69, 9.17) is 56.8 Å². The van der Waals surface area contributed by atoms with Gasteiger partial charge in [0.1, 0.15) is 159 Å². The minimum absolute atomic E-state index is 0.897. The van der Waals surface area contributed by atoms with Crippen molar-refractivity contribution in [2.24, 2.45) is 0 Å². The summed E-state index contributed by atoms with van der Waals surface area (Å²) in [5.74, 6) is -2.86. The van der Waals surface area contributed by atoms with Crippen molar-refractivity contribution >= 4 is 38.5 Å². The van der Waals surface area contributed by atoms with Crippen molar-refractivity contribution in [1.82, 2.24) is 16.0 Å². The summed E-state index contributed by atoms with van der Waals surface area (Å²) in [4.78, 5) is 38.1. The number of aliphatic hydroxyl groups excluding tert-OH is 18. The molecule has 0 spiro atoms. The van der Waals surface area contributed by atoms with Crippen LogP contribution in [0.4, 0.5) is 0 Å². The van der Waals surface area contributed by atoms with E-state index in [1.165, 1.54) is 6.92 Å². The first kappa shape index (κ1) is 79.9. The lowest BCUT2D eigenvalue weighted by Crippen LogP contribution is -2.71. The second-order valence-corrected chi connectivity index (χ2v) is 24.7. The first-order chi connectivity index (χ1) is 43.9. The lowest BCUT2D eigenvalue weighted by molar-refractivity contribution is -0.390. The summed E-state index contributed by atoms with van der Waals surface area (Å²) in [6.07, 6.45) is -66.0. The highest BCUT2D eigenvalue weighted by Crippen LogP contribution is 2.38. The minimum atomic E-state index is -5.54.